The third-order valence-electron chi connectivity index (χ3n) is 7.45. The summed E-state index contributed by atoms with van der Waals surface area (Å²) >= 11 is 12.0. The molecule has 0 unspecified atom stereocenters. The van der Waals surface area contributed by atoms with E-state index < -0.39 is 32.5 Å². The molecule has 270 valence electrons. The molecule has 16 heteroatoms. The lowest BCUT2D eigenvalue weighted by Crippen LogP contribution is -2.39. The summed E-state index contributed by atoms with van der Waals surface area (Å²) in [5.74, 6) is -0.522. The molecule has 0 spiro atoms. The van der Waals surface area contributed by atoms with E-state index in [1.54, 1.807) is 66.7 Å². The average Bonchev–Trinajstić information content (AvgIpc) is 3.56. The molecule has 0 aliphatic carbocycles. The van der Waals surface area contributed by atoms with Crippen LogP contribution in [0.2, 0.25) is 10.0 Å². The van der Waals surface area contributed by atoms with Crippen LogP contribution in [0.1, 0.15) is 29.6 Å². The van der Waals surface area contributed by atoms with Crippen molar-refractivity contribution in [1.29, 1.82) is 0 Å². The first kappa shape index (κ1) is 38.4. The maximum absolute atomic E-state index is 13.7. The number of benzene rings is 4. The van der Waals surface area contributed by atoms with Crippen LogP contribution in [0.15, 0.2) is 135 Å². The molecule has 2 amide bonds. The molecule has 12 nitrogen and oxygen atoms in total. The molecule has 5 aromatic rings. The summed E-state index contributed by atoms with van der Waals surface area (Å²) in [6, 6.07) is 30.2. The number of nitrogens with one attached hydrogen (secondary N) is 2. The Morgan fingerprint density at radius 1 is 0.692 bits per heavy atom. The molecular formula is C36H33Cl2N5O7S2. The summed E-state index contributed by atoms with van der Waals surface area (Å²) in [6.45, 7) is 0.567. The zero-order valence-electron chi connectivity index (χ0n) is 27.6. The summed E-state index contributed by atoms with van der Waals surface area (Å²) in [5.41, 5.74) is 4.10. The van der Waals surface area contributed by atoms with E-state index in [2.05, 4.69) is 15.8 Å². The van der Waals surface area contributed by atoms with Crippen LogP contribution in [0.5, 0.6) is 0 Å². The minimum Gasteiger partial charge on any atom is -0.459 e. The number of nitrogens with zero attached hydrogens (tertiary/aromatic N) is 3. The monoisotopic (exact) mass is 781 g/mol. The van der Waals surface area contributed by atoms with Crippen molar-refractivity contribution in [3.63, 3.8) is 0 Å². The maximum Gasteiger partial charge on any atom is 0.255 e. The van der Waals surface area contributed by atoms with E-state index in [1.165, 1.54) is 66.0 Å². The van der Waals surface area contributed by atoms with Gasteiger partial charge in [0.25, 0.3) is 5.91 Å². The standard InChI is InChI=1S/C36H33Cl2N5O7S2/c1-26(44)40-31-13-19-35(20-14-31)52(48,49)43(22-27-5-3-2-4-6-27)25-36(45)41-39-21-32-15-16-33(50-32)24-42(23-28-7-9-29(37)10-8-28)51(46,47)34-17-11-30(38)12-18-34/h2-21H,22-25H2,1H3,(H,40,44)(H,41,45)/b39-21-. The van der Waals surface area contributed by atoms with Crippen LogP contribution in [0.4, 0.5) is 5.69 Å². The number of hydrogen-bond donors (Lipinski definition) is 2. The van der Waals surface area contributed by atoms with Crippen molar-refractivity contribution < 1.29 is 30.8 Å². The summed E-state index contributed by atoms with van der Waals surface area (Å²) < 4.78 is 62.7. The molecule has 0 bridgehead atoms. The maximum atomic E-state index is 13.7. The molecule has 1 heterocycles. The fourth-order valence-corrected chi connectivity index (χ4v) is 7.97. The Morgan fingerprint density at radius 2 is 1.23 bits per heavy atom. The van der Waals surface area contributed by atoms with E-state index in [0.717, 1.165) is 4.31 Å². The van der Waals surface area contributed by atoms with E-state index in [1.807, 2.05) is 0 Å². The van der Waals surface area contributed by atoms with Crippen LogP contribution in [0, 0.1) is 0 Å². The highest BCUT2D eigenvalue weighted by Crippen LogP contribution is 2.25. The minimum atomic E-state index is -4.16. The fraction of sp³-hybridized carbons (Fsp3) is 0.139. The Kier molecular flexibility index (Phi) is 12.6. The predicted octanol–water partition coefficient (Wildman–Crippen LogP) is 6.28. The van der Waals surface area contributed by atoms with E-state index in [4.69, 9.17) is 27.6 Å². The van der Waals surface area contributed by atoms with Gasteiger partial charge in [0, 0.05) is 35.7 Å². The second kappa shape index (κ2) is 17.1. The largest absolute Gasteiger partial charge is 0.459 e. The fourth-order valence-electron chi connectivity index (χ4n) is 4.94. The summed E-state index contributed by atoms with van der Waals surface area (Å²) in [6.07, 6.45) is 1.22. The molecule has 0 aliphatic heterocycles. The van der Waals surface area contributed by atoms with Gasteiger partial charge in [0.1, 0.15) is 11.5 Å². The predicted molar refractivity (Wildman–Crippen MR) is 199 cm³/mol. The number of halogens is 2. The van der Waals surface area contributed by atoms with E-state index in [9.17, 15) is 26.4 Å². The van der Waals surface area contributed by atoms with E-state index in [0.29, 0.717) is 32.6 Å². The van der Waals surface area contributed by atoms with Crippen LogP contribution in [0.25, 0.3) is 0 Å². The third-order valence-corrected chi connectivity index (χ3v) is 11.6. The van der Waals surface area contributed by atoms with Crippen molar-refractivity contribution in [3.8, 4) is 0 Å². The molecule has 0 radical (unpaired) electrons. The van der Waals surface area contributed by atoms with Gasteiger partial charge >= 0.3 is 0 Å². The number of hydrazone groups is 1. The quantitative estimate of drug-likeness (QED) is 0.0935. The summed E-state index contributed by atoms with van der Waals surface area (Å²) in [5, 5.41) is 7.42. The molecule has 0 aliphatic rings. The number of hydrogen-bond acceptors (Lipinski definition) is 8. The van der Waals surface area contributed by atoms with Gasteiger partial charge in [0.15, 0.2) is 0 Å². The molecule has 52 heavy (non-hydrogen) atoms. The van der Waals surface area contributed by atoms with Crippen molar-refractivity contribution in [3.05, 3.63) is 148 Å². The zero-order chi connectivity index (χ0) is 37.3. The molecule has 0 atom stereocenters. The zero-order valence-corrected chi connectivity index (χ0v) is 30.8. The Bertz CT molecular complexity index is 2250. The van der Waals surface area contributed by atoms with E-state index >= 15 is 0 Å². The lowest BCUT2D eigenvalue weighted by Gasteiger charge is -2.21. The molecule has 2 N–H and O–H groups in total. The molecule has 0 saturated carbocycles. The van der Waals surface area contributed by atoms with E-state index in [-0.39, 0.29) is 41.1 Å². The molecule has 0 saturated heterocycles. The van der Waals surface area contributed by atoms with Gasteiger partial charge in [0.05, 0.1) is 29.1 Å². The van der Waals surface area contributed by atoms with Crippen molar-refractivity contribution in [2.45, 2.75) is 36.3 Å². The van der Waals surface area contributed by atoms with Gasteiger partial charge in [-0.3, -0.25) is 9.59 Å². The van der Waals surface area contributed by atoms with Gasteiger partial charge in [-0.1, -0.05) is 65.7 Å². The van der Waals surface area contributed by atoms with Gasteiger partial charge in [0.2, 0.25) is 26.0 Å². The minimum absolute atomic E-state index is 0.0180. The Labute approximate surface area is 311 Å². The first-order valence-corrected chi connectivity index (χ1v) is 19.3. The van der Waals surface area contributed by atoms with Gasteiger partial charge in [-0.25, -0.2) is 22.3 Å². The lowest BCUT2D eigenvalue weighted by molar-refractivity contribution is -0.121. The van der Waals surface area contributed by atoms with Crippen LogP contribution >= 0.6 is 23.2 Å². The van der Waals surface area contributed by atoms with Crippen molar-refractivity contribution in [1.82, 2.24) is 14.0 Å². The van der Waals surface area contributed by atoms with Crippen LogP contribution in [-0.2, 0) is 49.3 Å². The topological polar surface area (TPSA) is 158 Å². The normalized spacial score (nSPS) is 12.0. The first-order valence-electron chi connectivity index (χ1n) is 15.6. The number of sulfonamides is 2. The SMILES string of the molecule is CC(=O)Nc1ccc(S(=O)(=O)N(CC(=O)N/N=C\c2ccc(CN(Cc3ccc(Cl)cc3)S(=O)(=O)c3ccc(Cl)cc3)o2)Cc2ccccc2)cc1. The number of rotatable bonds is 15. The van der Waals surface area contributed by atoms with Crippen molar-refractivity contribution in [2.24, 2.45) is 5.10 Å². The lowest BCUT2D eigenvalue weighted by atomic mass is 10.2. The second-order valence-electron chi connectivity index (χ2n) is 11.4. The molecule has 1 aromatic heterocycles. The van der Waals surface area contributed by atoms with Crippen LogP contribution in [0.3, 0.4) is 0 Å². The average molecular weight is 783 g/mol. The number of carbonyl (C=O) groups is 2. The van der Waals surface area contributed by atoms with Gasteiger partial charge in [-0.2, -0.15) is 13.7 Å². The number of anilines is 1. The number of carbonyl (C=O) groups excluding carboxylic acids is 2. The van der Waals surface area contributed by atoms with Gasteiger partial charge < -0.3 is 9.73 Å². The summed E-state index contributed by atoms with van der Waals surface area (Å²) in [7, 11) is -8.16. The number of amides is 2. The smallest absolute Gasteiger partial charge is 0.255 e. The van der Waals surface area contributed by atoms with Crippen LogP contribution < -0.4 is 10.7 Å². The Morgan fingerprint density at radius 3 is 1.85 bits per heavy atom. The molecule has 5 rings (SSSR count). The number of furan rings is 1. The Hall–Kier alpha value is -4.83. The molecule has 4 aromatic carbocycles. The van der Waals surface area contributed by atoms with Crippen molar-refractivity contribution >= 4 is 67.0 Å². The molecule has 0 fully saturated rings. The third kappa shape index (κ3) is 10.4. The highest BCUT2D eigenvalue weighted by molar-refractivity contribution is 7.89. The first-order chi connectivity index (χ1) is 24.8. The second-order valence-corrected chi connectivity index (χ2v) is 16.2. The van der Waals surface area contributed by atoms with Gasteiger partial charge in [-0.15, -0.1) is 0 Å². The highest BCUT2D eigenvalue weighted by atomic mass is 35.5. The van der Waals surface area contributed by atoms with Gasteiger partial charge in [-0.05, 0) is 83.9 Å². The Balaban J connectivity index is 1.28. The van der Waals surface area contributed by atoms with Crippen molar-refractivity contribution in [2.75, 3.05) is 11.9 Å². The molecular weight excluding hydrogens is 749 g/mol. The van der Waals surface area contributed by atoms with Crippen LogP contribution in [-0.4, -0.2) is 50.0 Å². The summed E-state index contributed by atoms with van der Waals surface area (Å²) in [4.78, 5) is 24.4. The highest BCUT2D eigenvalue weighted by Gasteiger charge is 2.28.